The molecule has 3 heterocycles. The van der Waals surface area contributed by atoms with Gasteiger partial charge in [-0.05, 0) is 37.3 Å². The summed E-state index contributed by atoms with van der Waals surface area (Å²) in [6.07, 6.45) is 4.55. The minimum atomic E-state index is 0.617. The topological polar surface area (TPSA) is 28.2 Å². The summed E-state index contributed by atoms with van der Waals surface area (Å²) in [6, 6.07) is 2.81. The first-order valence-electron chi connectivity index (χ1n) is 6.35. The lowest BCUT2D eigenvalue weighted by molar-refractivity contribution is 0.385. The van der Waals surface area contributed by atoms with Crippen LogP contribution in [0.25, 0.3) is 0 Å². The van der Waals surface area contributed by atoms with E-state index in [2.05, 4.69) is 21.3 Å². The lowest BCUT2D eigenvalue weighted by Gasteiger charge is -2.38. The number of anilines is 1. The van der Waals surface area contributed by atoms with E-state index in [1.165, 1.54) is 25.1 Å². The number of nitrogens with one attached hydrogen (secondary N) is 1. The summed E-state index contributed by atoms with van der Waals surface area (Å²) >= 11 is 5.99. The highest BCUT2D eigenvalue weighted by atomic mass is 35.5. The number of piperidine rings is 1. The summed E-state index contributed by atoms with van der Waals surface area (Å²) in [5.74, 6) is 0.805. The van der Waals surface area contributed by atoms with Gasteiger partial charge in [-0.1, -0.05) is 11.6 Å². The van der Waals surface area contributed by atoms with Gasteiger partial charge < -0.3 is 10.2 Å². The van der Waals surface area contributed by atoms with Crippen LogP contribution in [0.15, 0.2) is 12.3 Å². The van der Waals surface area contributed by atoms with Crippen LogP contribution in [-0.4, -0.2) is 30.7 Å². The smallest absolute Gasteiger partial charge is 0.132 e. The lowest BCUT2D eigenvalue weighted by Crippen LogP contribution is -2.45. The molecule has 0 saturated carbocycles. The molecule has 0 amide bonds. The van der Waals surface area contributed by atoms with Crippen molar-refractivity contribution in [3.8, 4) is 0 Å². The second-order valence-corrected chi connectivity index (χ2v) is 5.48. The van der Waals surface area contributed by atoms with E-state index in [1.807, 2.05) is 13.1 Å². The Hall–Kier alpha value is -0.800. The van der Waals surface area contributed by atoms with E-state index >= 15 is 0 Å². The molecule has 4 heteroatoms. The average Bonchev–Trinajstić information content (AvgIpc) is 2.80. The summed E-state index contributed by atoms with van der Waals surface area (Å²) in [4.78, 5) is 6.78. The molecule has 0 aromatic carbocycles. The largest absolute Gasteiger partial charge is 0.366 e. The molecule has 1 aromatic heterocycles. The summed E-state index contributed by atoms with van der Waals surface area (Å²) in [7, 11) is 0. The van der Waals surface area contributed by atoms with Crippen molar-refractivity contribution in [3.05, 3.63) is 23.0 Å². The molecule has 0 bridgehead atoms. The first-order chi connectivity index (χ1) is 8.25. The van der Waals surface area contributed by atoms with Crippen molar-refractivity contribution in [2.24, 2.45) is 5.92 Å². The van der Waals surface area contributed by atoms with Crippen LogP contribution in [0.5, 0.6) is 0 Å². The molecular weight excluding hydrogens is 234 g/mol. The Labute approximate surface area is 107 Å². The monoisotopic (exact) mass is 251 g/mol. The molecule has 1 N–H and O–H groups in total. The van der Waals surface area contributed by atoms with Gasteiger partial charge in [-0.25, -0.2) is 4.98 Å². The molecule has 92 valence electrons. The van der Waals surface area contributed by atoms with E-state index in [9.17, 15) is 0 Å². The van der Waals surface area contributed by atoms with Gasteiger partial charge in [0.1, 0.15) is 5.15 Å². The molecule has 0 spiro atoms. The van der Waals surface area contributed by atoms with Crippen molar-refractivity contribution < 1.29 is 0 Å². The molecule has 0 radical (unpaired) electrons. The summed E-state index contributed by atoms with van der Waals surface area (Å²) in [5.41, 5.74) is 2.29. The maximum atomic E-state index is 5.99. The van der Waals surface area contributed by atoms with Gasteiger partial charge in [0.05, 0.1) is 11.9 Å². The maximum absolute atomic E-state index is 5.99. The van der Waals surface area contributed by atoms with Crippen LogP contribution >= 0.6 is 11.6 Å². The Morgan fingerprint density at radius 2 is 2.35 bits per heavy atom. The fourth-order valence-corrected chi connectivity index (χ4v) is 3.19. The Morgan fingerprint density at radius 3 is 3.18 bits per heavy atom. The van der Waals surface area contributed by atoms with Gasteiger partial charge in [0, 0.05) is 25.7 Å². The lowest BCUT2D eigenvalue weighted by atomic mass is 9.91. The van der Waals surface area contributed by atoms with E-state index in [1.54, 1.807) is 0 Å². The predicted octanol–water partition coefficient (Wildman–Crippen LogP) is 2.23. The second-order valence-electron chi connectivity index (χ2n) is 5.12. The quantitative estimate of drug-likeness (QED) is 0.776. The van der Waals surface area contributed by atoms with E-state index in [0.29, 0.717) is 11.2 Å². The molecule has 3 nitrogen and oxygen atoms in total. The minimum absolute atomic E-state index is 0.617. The summed E-state index contributed by atoms with van der Waals surface area (Å²) in [5, 5.41) is 4.12. The minimum Gasteiger partial charge on any atom is -0.366 e. The number of aryl methyl sites for hydroxylation is 1. The number of aromatic nitrogens is 1. The Morgan fingerprint density at radius 1 is 1.47 bits per heavy atom. The van der Waals surface area contributed by atoms with Gasteiger partial charge in [0.2, 0.25) is 0 Å². The third-order valence-corrected chi connectivity index (χ3v) is 4.41. The highest BCUT2D eigenvalue weighted by molar-refractivity contribution is 6.30. The van der Waals surface area contributed by atoms with Gasteiger partial charge in [-0.15, -0.1) is 0 Å². The molecule has 3 rings (SSSR count). The number of rotatable bonds is 1. The van der Waals surface area contributed by atoms with Gasteiger partial charge in [0.25, 0.3) is 0 Å². The van der Waals surface area contributed by atoms with Crippen molar-refractivity contribution in [1.82, 2.24) is 10.3 Å². The van der Waals surface area contributed by atoms with E-state index in [0.717, 1.165) is 24.6 Å². The molecule has 2 aliphatic heterocycles. The Bertz CT molecular complexity index is 421. The zero-order valence-corrected chi connectivity index (χ0v) is 10.9. The van der Waals surface area contributed by atoms with Crippen LogP contribution in [0.3, 0.4) is 0 Å². The van der Waals surface area contributed by atoms with Gasteiger partial charge in [-0.2, -0.15) is 0 Å². The van der Waals surface area contributed by atoms with Crippen LogP contribution < -0.4 is 10.2 Å². The molecule has 2 aliphatic rings. The van der Waals surface area contributed by atoms with Crippen molar-refractivity contribution in [3.63, 3.8) is 0 Å². The van der Waals surface area contributed by atoms with Crippen molar-refractivity contribution in [2.45, 2.75) is 25.8 Å². The highest BCUT2D eigenvalue weighted by Gasteiger charge is 2.35. The average molecular weight is 252 g/mol. The molecule has 17 heavy (non-hydrogen) atoms. The third-order valence-electron chi connectivity index (χ3n) is 4.01. The zero-order valence-electron chi connectivity index (χ0n) is 10.1. The van der Waals surface area contributed by atoms with E-state index < -0.39 is 0 Å². The Balaban J connectivity index is 1.89. The van der Waals surface area contributed by atoms with Crippen molar-refractivity contribution >= 4 is 17.3 Å². The third kappa shape index (κ3) is 2.02. The van der Waals surface area contributed by atoms with Crippen molar-refractivity contribution in [2.75, 3.05) is 24.5 Å². The van der Waals surface area contributed by atoms with E-state index in [4.69, 9.17) is 11.6 Å². The normalized spacial score (nSPS) is 28.2. The molecule has 0 aliphatic carbocycles. The Kier molecular flexibility index (Phi) is 2.97. The first-order valence-corrected chi connectivity index (χ1v) is 6.73. The van der Waals surface area contributed by atoms with Crippen LogP contribution in [0, 0.1) is 12.8 Å². The molecule has 1 aromatic rings. The van der Waals surface area contributed by atoms with Crippen LogP contribution in [-0.2, 0) is 0 Å². The van der Waals surface area contributed by atoms with Gasteiger partial charge in [-0.3, -0.25) is 0 Å². The van der Waals surface area contributed by atoms with Crippen molar-refractivity contribution in [1.29, 1.82) is 0 Å². The number of nitrogens with zero attached hydrogens (tertiary/aromatic N) is 2. The summed E-state index contributed by atoms with van der Waals surface area (Å²) < 4.78 is 0. The van der Waals surface area contributed by atoms with Crippen LogP contribution in [0.4, 0.5) is 5.69 Å². The van der Waals surface area contributed by atoms with Crippen LogP contribution in [0.1, 0.15) is 18.4 Å². The number of halogens is 1. The molecule has 2 atom stereocenters. The van der Waals surface area contributed by atoms with Gasteiger partial charge in [0.15, 0.2) is 0 Å². The first kappa shape index (κ1) is 11.3. The molecule has 2 fully saturated rings. The second kappa shape index (κ2) is 4.46. The maximum Gasteiger partial charge on any atom is 0.132 e. The number of fused-ring (bicyclic) bond motifs is 1. The van der Waals surface area contributed by atoms with Gasteiger partial charge >= 0.3 is 0 Å². The standard InChI is InChI=1S/C13H18ClN3/c1-9-5-11(7-16-13(9)14)17-4-2-3-10-6-15-8-12(10)17/h5,7,10,12,15H,2-4,6,8H2,1H3/t10-,12+/m1/s1. The number of hydrogen-bond donors (Lipinski definition) is 1. The fourth-order valence-electron chi connectivity index (χ4n) is 3.09. The fraction of sp³-hybridized carbons (Fsp3) is 0.615. The van der Waals surface area contributed by atoms with Crippen LogP contribution in [0.2, 0.25) is 5.15 Å². The SMILES string of the molecule is Cc1cc(N2CCC[C@@H]3CNC[C@@H]32)cnc1Cl. The predicted molar refractivity (Wildman–Crippen MR) is 70.7 cm³/mol. The zero-order chi connectivity index (χ0) is 11.8. The molecule has 0 unspecified atom stereocenters. The molecule has 2 saturated heterocycles. The molecular formula is C13H18ClN3. The number of hydrogen-bond acceptors (Lipinski definition) is 3. The highest BCUT2D eigenvalue weighted by Crippen LogP contribution is 2.31. The number of pyridine rings is 1. The summed E-state index contributed by atoms with van der Waals surface area (Å²) in [6.45, 7) is 5.44. The van der Waals surface area contributed by atoms with E-state index in [-0.39, 0.29) is 0 Å².